The normalized spacial score (nSPS) is 10.6. The topological polar surface area (TPSA) is 117 Å². The fourth-order valence-corrected chi connectivity index (χ4v) is 2.08. The van der Waals surface area contributed by atoms with Gasteiger partial charge >= 0.3 is 5.97 Å². The van der Waals surface area contributed by atoms with Crippen molar-refractivity contribution in [2.75, 3.05) is 12.8 Å². The number of rotatable bonds is 4. The molecule has 0 aliphatic heterocycles. The minimum atomic E-state index is -1.17. The van der Waals surface area contributed by atoms with Gasteiger partial charge in [-0.05, 0) is 6.26 Å². The van der Waals surface area contributed by atoms with Gasteiger partial charge in [0.2, 0.25) is 0 Å². The Morgan fingerprint density at radius 2 is 2.26 bits per heavy atom. The minimum absolute atomic E-state index is 0.100. The SMILES string of the molecule is CSc1cc(O)c(C(=O)NCC(=O)O)c2ncnn12. The Bertz CT molecular complexity index is 654. The summed E-state index contributed by atoms with van der Waals surface area (Å²) in [5.74, 6) is -2.16. The van der Waals surface area contributed by atoms with Crippen molar-refractivity contribution in [3.8, 4) is 5.75 Å². The van der Waals surface area contributed by atoms with Crippen LogP contribution in [0.5, 0.6) is 5.75 Å². The van der Waals surface area contributed by atoms with E-state index in [1.54, 1.807) is 6.26 Å². The van der Waals surface area contributed by atoms with Crippen LogP contribution in [0.4, 0.5) is 0 Å². The third kappa shape index (κ3) is 2.45. The van der Waals surface area contributed by atoms with E-state index in [4.69, 9.17) is 5.11 Å². The van der Waals surface area contributed by atoms with Crippen LogP contribution < -0.4 is 5.32 Å². The molecule has 0 saturated carbocycles. The monoisotopic (exact) mass is 282 g/mol. The predicted octanol–water partition coefficient (Wildman–Crippen LogP) is -0.0288. The Hall–Kier alpha value is -2.29. The first kappa shape index (κ1) is 13.1. The number of pyridine rings is 1. The Kier molecular flexibility index (Phi) is 3.56. The third-order valence-corrected chi connectivity index (χ3v) is 3.04. The lowest BCUT2D eigenvalue weighted by Crippen LogP contribution is -2.29. The highest BCUT2D eigenvalue weighted by Gasteiger charge is 2.20. The lowest BCUT2D eigenvalue weighted by Gasteiger charge is -2.08. The number of carboxylic acid groups (broad SMARTS) is 1. The number of carbonyl (C=O) groups excluding carboxylic acids is 1. The average molecular weight is 282 g/mol. The van der Waals surface area contributed by atoms with Gasteiger partial charge in [-0.1, -0.05) is 0 Å². The van der Waals surface area contributed by atoms with E-state index in [9.17, 15) is 14.7 Å². The Morgan fingerprint density at radius 1 is 1.53 bits per heavy atom. The van der Waals surface area contributed by atoms with Gasteiger partial charge in [-0.2, -0.15) is 5.10 Å². The van der Waals surface area contributed by atoms with Crippen molar-refractivity contribution in [2.24, 2.45) is 0 Å². The first-order valence-corrected chi connectivity index (χ1v) is 6.36. The first-order valence-electron chi connectivity index (χ1n) is 5.14. The van der Waals surface area contributed by atoms with E-state index in [0.29, 0.717) is 5.03 Å². The predicted molar refractivity (Wildman–Crippen MR) is 66.4 cm³/mol. The van der Waals surface area contributed by atoms with Crippen molar-refractivity contribution in [3.05, 3.63) is 18.0 Å². The van der Waals surface area contributed by atoms with Gasteiger partial charge in [0, 0.05) is 6.07 Å². The first-order chi connectivity index (χ1) is 9.04. The number of aliphatic carboxylic acids is 1. The molecule has 2 rings (SSSR count). The summed E-state index contributed by atoms with van der Waals surface area (Å²) in [6.45, 7) is -0.539. The molecular weight excluding hydrogens is 272 g/mol. The average Bonchev–Trinajstić information content (AvgIpc) is 2.83. The van der Waals surface area contributed by atoms with Crippen molar-refractivity contribution in [1.29, 1.82) is 0 Å². The van der Waals surface area contributed by atoms with Crippen molar-refractivity contribution in [2.45, 2.75) is 5.03 Å². The number of carboxylic acids is 1. The second kappa shape index (κ2) is 5.14. The van der Waals surface area contributed by atoms with Crippen LogP contribution in [0.2, 0.25) is 0 Å². The Morgan fingerprint density at radius 3 is 2.89 bits per heavy atom. The lowest BCUT2D eigenvalue weighted by atomic mass is 10.2. The van der Waals surface area contributed by atoms with Crippen LogP contribution in [0.3, 0.4) is 0 Å². The number of fused-ring (bicyclic) bond motifs is 1. The highest BCUT2D eigenvalue weighted by molar-refractivity contribution is 7.98. The van der Waals surface area contributed by atoms with E-state index in [2.05, 4.69) is 15.4 Å². The molecule has 3 N–H and O–H groups in total. The molecule has 0 saturated heterocycles. The molecule has 19 heavy (non-hydrogen) atoms. The van der Waals surface area contributed by atoms with E-state index in [0.717, 1.165) is 0 Å². The number of hydrogen-bond acceptors (Lipinski definition) is 6. The molecule has 2 heterocycles. The molecule has 9 heteroatoms. The zero-order valence-electron chi connectivity index (χ0n) is 9.82. The van der Waals surface area contributed by atoms with Crippen LogP contribution in [-0.2, 0) is 4.79 Å². The Balaban J connectivity index is 2.48. The zero-order chi connectivity index (χ0) is 14.0. The number of hydrogen-bond donors (Lipinski definition) is 3. The minimum Gasteiger partial charge on any atom is -0.507 e. The number of aromatic hydroxyl groups is 1. The number of amides is 1. The van der Waals surface area contributed by atoms with Crippen molar-refractivity contribution in [3.63, 3.8) is 0 Å². The Labute approximate surface area is 111 Å². The van der Waals surface area contributed by atoms with Crippen LogP contribution in [0.1, 0.15) is 10.4 Å². The van der Waals surface area contributed by atoms with Crippen LogP contribution >= 0.6 is 11.8 Å². The molecule has 0 aliphatic rings. The molecule has 2 aromatic rings. The molecule has 0 bridgehead atoms. The molecule has 1 amide bonds. The highest BCUT2D eigenvalue weighted by Crippen LogP contribution is 2.27. The third-order valence-electron chi connectivity index (χ3n) is 2.33. The molecule has 0 aromatic carbocycles. The van der Waals surface area contributed by atoms with Gasteiger partial charge in [0.1, 0.15) is 29.2 Å². The number of carbonyl (C=O) groups is 2. The molecule has 0 radical (unpaired) electrons. The number of thioether (sulfide) groups is 1. The number of nitrogens with zero attached hydrogens (tertiary/aromatic N) is 3. The summed E-state index contributed by atoms with van der Waals surface area (Å²) >= 11 is 1.33. The second-order valence-corrected chi connectivity index (χ2v) is 4.35. The van der Waals surface area contributed by atoms with Crippen molar-refractivity contribution < 1.29 is 19.8 Å². The van der Waals surface area contributed by atoms with E-state index < -0.39 is 18.4 Å². The van der Waals surface area contributed by atoms with E-state index in [1.165, 1.54) is 28.7 Å². The summed E-state index contributed by atoms with van der Waals surface area (Å²) in [5, 5.41) is 25.1. The van der Waals surface area contributed by atoms with Crippen LogP contribution in [-0.4, -0.2) is 49.5 Å². The number of aromatic nitrogens is 3. The highest BCUT2D eigenvalue weighted by atomic mass is 32.2. The molecule has 0 atom stereocenters. The van der Waals surface area contributed by atoms with Gasteiger partial charge in [-0.25, -0.2) is 9.50 Å². The smallest absolute Gasteiger partial charge is 0.322 e. The summed E-state index contributed by atoms with van der Waals surface area (Å²) in [4.78, 5) is 26.2. The zero-order valence-corrected chi connectivity index (χ0v) is 10.6. The maximum absolute atomic E-state index is 11.9. The summed E-state index contributed by atoms with van der Waals surface area (Å²) < 4.78 is 1.40. The molecule has 0 unspecified atom stereocenters. The summed E-state index contributed by atoms with van der Waals surface area (Å²) in [7, 11) is 0. The quantitative estimate of drug-likeness (QED) is 0.674. The van der Waals surface area contributed by atoms with Crippen LogP contribution in [0.25, 0.3) is 5.65 Å². The van der Waals surface area contributed by atoms with E-state index >= 15 is 0 Å². The summed E-state index contributed by atoms with van der Waals surface area (Å²) in [6, 6.07) is 1.38. The van der Waals surface area contributed by atoms with Gasteiger partial charge in [-0.15, -0.1) is 11.8 Å². The fraction of sp³-hybridized carbons (Fsp3) is 0.200. The molecule has 100 valence electrons. The molecule has 0 fully saturated rings. The van der Waals surface area contributed by atoms with E-state index in [-0.39, 0.29) is 17.0 Å². The fourth-order valence-electron chi connectivity index (χ4n) is 1.55. The maximum Gasteiger partial charge on any atom is 0.322 e. The summed E-state index contributed by atoms with van der Waals surface area (Å²) in [6.07, 6.45) is 3.04. The van der Waals surface area contributed by atoms with Crippen molar-refractivity contribution >= 4 is 29.3 Å². The van der Waals surface area contributed by atoms with Gasteiger partial charge in [0.05, 0.1) is 0 Å². The lowest BCUT2D eigenvalue weighted by molar-refractivity contribution is -0.135. The molecular formula is C10H10N4O4S. The largest absolute Gasteiger partial charge is 0.507 e. The molecule has 8 nitrogen and oxygen atoms in total. The van der Waals surface area contributed by atoms with Gasteiger partial charge in [-0.3, -0.25) is 9.59 Å². The maximum atomic E-state index is 11.9. The standard InChI is InChI=1S/C10H10N4O4S/c1-19-6-2-5(15)8(9-12-4-13-14(6)9)10(18)11-3-7(16)17/h2,4,15H,3H2,1H3,(H,11,18)(H,16,17). The van der Waals surface area contributed by atoms with Gasteiger partial charge in [0.15, 0.2) is 5.65 Å². The van der Waals surface area contributed by atoms with Gasteiger partial charge in [0.25, 0.3) is 5.91 Å². The number of nitrogens with one attached hydrogen (secondary N) is 1. The summed E-state index contributed by atoms with van der Waals surface area (Å²) in [5.41, 5.74) is 0.0730. The molecule has 0 aliphatic carbocycles. The molecule has 0 spiro atoms. The van der Waals surface area contributed by atoms with Gasteiger partial charge < -0.3 is 15.5 Å². The van der Waals surface area contributed by atoms with Crippen LogP contribution in [0.15, 0.2) is 17.4 Å². The molecule has 2 aromatic heterocycles. The second-order valence-electron chi connectivity index (χ2n) is 3.52. The van der Waals surface area contributed by atoms with E-state index in [1.807, 2.05) is 0 Å². The van der Waals surface area contributed by atoms with Crippen molar-refractivity contribution in [1.82, 2.24) is 19.9 Å². The van der Waals surface area contributed by atoms with Crippen LogP contribution in [0, 0.1) is 0 Å².